The molecule has 2 N–H and O–H groups in total. The highest BCUT2D eigenvalue weighted by Gasteiger charge is 2.40. The normalized spacial score (nSPS) is 13.5. The highest BCUT2D eigenvalue weighted by atomic mass is 28.3. The van der Waals surface area contributed by atoms with Gasteiger partial charge in [-0.15, -0.1) is 0 Å². The van der Waals surface area contributed by atoms with Crippen LogP contribution in [-0.4, -0.2) is 22.5 Å². The minimum absolute atomic E-state index is 0.422. The van der Waals surface area contributed by atoms with E-state index in [1.807, 2.05) is 0 Å². The third-order valence-corrected chi connectivity index (χ3v) is 8.19. The van der Waals surface area contributed by atoms with E-state index in [9.17, 15) is 0 Å². The average Bonchev–Trinajstić information content (AvgIpc) is 2.02. The van der Waals surface area contributed by atoms with E-state index < -0.39 is 8.40 Å². The zero-order valence-corrected chi connectivity index (χ0v) is 10.4. The van der Waals surface area contributed by atoms with Crippen LogP contribution in [0.25, 0.3) is 0 Å². The van der Waals surface area contributed by atoms with Crippen LogP contribution in [0.5, 0.6) is 0 Å². The standard InChI is InChI=1S/C9H24N2Si/c1-7-8-9(2,3)12(6,10-4)11-5/h10-11H,7-8H2,1-6H3. The molecule has 0 saturated carbocycles. The molecule has 3 heteroatoms. The molecule has 0 aliphatic carbocycles. The third-order valence-electron chi connectivity index (χ3n) is 3.23. The smallest absolute Gasteiger partial charge is 0.203 e. The molecule has 0 aliphatic heterocycles. The molecule has 0 rings (SSSR count). The molecule has 12 heavy (non-hydrogen) atoms. The fourth-order valence-corrected chi connectivity index (χ4v) is 4.03. The van der Waals surface area contributed by atoms with Crippen LogP contribution in [0.2, 0.25) is 11.6 Å². The molecule has 0 aliphatic rings. The molecular weight excluding hydrogens is 164 g/mol. The van der Waals surface area contributed by atoms with Gasteiger partial charge in [0.1, 0.15) is 0 Å². The van der Waals surface area contributed by atoms with Crippen molar-refractivity contribution in [2.24, 2.45) is 0 Å². The van der Waals surface area contributed by atoms with Crippen LogP contribution in [0.15, 0.2) is 0 Å². The predicted octanol–water partition coefficient (Wildman–Crippen LogP) is 2.08. The Morgan fingerprint density at radius 1 is 1.17 bits per heavy atom. The minimum Gasteiger partial charge on any atom is -0.328 e. The van der Waals surface area contributed by atoms with Gasteiger partial charge in [0, 0.05) is 0 Å². The highest BCUT2D eigenvalue weighted by Crippen LogP contribution is 2.37. The lowest BCUT2D eigenvalue weighted by Gasteiger charge is -2.41. The van der Waals surface area contributed by atoms with E-state index in [-0.39, 0.29) is 0 Å². The van der Waals surface area contributed by atoms with Crippen LogP contribution in [0.3, 0.4) is 0 Å². The summed E-state index contributed by atoms with van der Waals surface area (Å²) in [5.74, 6) is 0. The maximum absolute atomic E-state index is 3.48. The lowest BCUT2D eigenvalue weighted by molar-refractivity contribution is 0.549. The first-order chi connectivity index (χ1) is 5.43. The Morgan fingerprint density at radius 3 is 1.83 bits per heavy atom. The van der Waals surface area contributed by atoms with Gasteiger partial charge in [-0.3, -0.25) is 0 Å². The topological polar surface area (TPSA) is 24.1 Å². The van der Waals surface area contributed by atoms with E-state index >= 15 is 0 Å². The van der Waals surface area contributed by atoms with Crippen molar-refractivity contribution in [3.8, 4) is 0 Å². The van der Waals surface area contributed by atoms with Gasteiger partial charge in [0.2, 0.25) is 8.40 Å². The Labute approximate surface area is 78.3 Å². The molecule has 0 aromatic rings. The first-order valence-electron chi connectivity index (χ1n) is 4.81. The van der Waals surface area contributed by atoms with Crippen molar-refractivity contribution >= 4 is 8.40 Å². The monoisotopic (exact) mass is 188 g/mol. The van der Waals surface area contributed by atoms with E-state index in [0.29, 0.717) is 5.04 Å². The van der Waals surface area contributed by atoms with Crippen molar-refractivity contribution in [1.29, 1.82) is 0 Å². The lowest BCUT2D eigenvalue weighted by Crippen LogP contribution is -2.63. The second-order valence-electron chi connectivity index (χ2n) is 4.26. The van der Waals surface area contributed by atoms with Gasteiger partial charge in [0.25, 0.3) is 0 Å². The van der Waals surface area contributed by atoms with Gasteiger partial charge < -0.3 is 9.96 Å². The van der Waals surface area contributed by atoms with Gasteiger partial charge in [0.05, 0.1) is 0 Å². The van der Waals surface area contributed by atoms with Crippen molar-refractivity contribution in [3.05, 3.63) is 0 Å². The van der Waals surface area contributed by atoms with Crippen molar-refractivity contribution in [2.45, 2.75) is 45.2 Å². The molecule has 0 saturated heterocycles. The van der Waals surface area contributed by atoms with Crippen LogP contribution >= 0.6 is 0 Å². The van der Waals surface area contributed by atoms with Crippen LogP contribution in [0.4, 0.5) is 0 Å². The van der Waals surface area contributed by atoms with Crippen molar-refractivity contribution < 1.29 is 0 Å². The van der Waals surface area contributed by atoms with Gasteiger partial charge in [-0.25, -0.2) is 0 Å². The summed E-state index contributed by atoms with van der Waals surface area (Å²) in [5, 5.41) is 0.422. The molecule has 0 aromatic carbocycles. The first kappa shape index (κ1) is 12.1. The summed E-state index contributed by atoms with van der Waals surface area (Å²) < 4.78 is 0. The maximum atomic E-state index is 3.48. The SMILES string of the molecule is CCCC(C)(C)[Si](C)(NC)NC. The largest absolute Gasteiger partial charge is 0.328 e. The number of nitrogens with one attached hydrogen (secondary N) is 2. The zero-order valence-electron chi connectivity index (χ0n) is 9.41. The van der Waals surface area contributed by atoms with Gasteiger partial charge in [-0.1, -0.05) is 27.2 Å². The maximum Gasteiger partial charge on any atom is 0.203 e. The Balaban J connectivity index is 4.46. The van der Waals surface area contributed by atoms with Gasteiger partial charge >= 0.3 is 0 Å². The minimum atomic E-state index is -1.45. The predicted molar refractivity (Wildman–Crippen MR) is 58.7 cm³/mol. The van der Waals surface area contributed by atoms with E-state index in [2.05, 4.69) is 51.4 Å². The summed E-state index contributed by atoms with van der Waals surface area (Å²) in [6.07, 6.45) is 2.55. The second-order valence-corrected chi connectivity index (χ2v) is 8.86. The van der Waals surface area contributed by atoms with E-state index in [1.165, 1.54) is 12.8 Å². The zero-order chi connectivity index (χ0) is 9.83. The van der Waals surface area contributed by atoms with Gasteiger partial charge in [0.15, 0.2) is 0 Å². The van der Waals surface area contributed by atoms with Crippen LogP contribution in [0, 0.1) is 0 Å². The summed E-state index contributed by atoms with van der Waals surface area (Å²) in [7, 11) is 2.69. The molecule has 0 radical (unpaired) electrons. The van der Waals surface area contributed by atoms with E-state index in [0.717, 1.165) is 0 Å². The third kappa shape index (κ3) is 2.31. The average molecular weight is 188 g/mol. The van der Waals surface area contributed by atoms with Crippen molar-refractivity contribution in [2.75, 3.05) is 14.1 Å². The Morgan fingerprint density at radius 2 is 1.58 bits per heavy atom. The summed E-state index contributed by atoms with van der Waals surface area (Å²) in [6, 6.07) is 0. The molecule has 0 atom stereocenters. The fourth-order valence-electron chi connectivity index (χ4n) is 1.68. The van der Waals surface area contributed by atoms with Gasteiger partial charge in [-0.2, -0.15) is 0 Å². The molecule has 0 heterocycles. The number of rotatable bonds is 5. The first-order valence-corrected chi connectivity index (χ1v) is 7.31. The fraction of sp³-hybridized carbons (Fsp3) is 1.00. The molecule has 0 bridgehead atoms. The van der Waals surface area contributed by atoms with Crippen molar-refractivity contribution in [1.82, 2.24) is 9.96 Å². The second kappa shape index (κ2) is 4.39. The summed E-state index contributed by atoms with van der Waals surface area (Å²) in [6.45, 7) is 9.32. The molecule has 0 amide bonds. The van der Waals surface area contributed by atoms with E-state index in [4.69, 9.17) is 0 Å². The van der Waals surface area contributed by atoms with E-state index in [1.54, 1.807) is 0 Å². The molecule has 0 fully saturated rings. The number of hydrogen-bond donors (Lipinski definition) is 2. The molecule has 0 spiro atoms. The summed E-state index contributed by atoms with van der Waals surface area (Å²) in [4.78, 5) is 6.96. The highest BCUT2D eigenvalue weighted by molar-refractivity contribution is 6.76. The Bertz CT molecular complexity index is 130. The summed E-state index contributed by atoms with van der Waals surface area (Å²) >= 11 is 0. The molecule has 2 nitrogen and oxygen atoms in total. The number of hydrogen-bond acceptors (Lipinski definition) is 2. The molecule has 0 unspecified atom stereocenters. The van der Waals surface area contributed by atoms with Gasteiger partial charge in [-0.05, 0) is 32.1 Å². The van der Waals surface area contributed by atoms with Crippen molar-refractivity contribution in [3.63, 3.8) is 0 Å². The molecule has 0 aromatic heterocycles. The van der Waals surface area contributed by atoms with Crippen LogP contribution in [0.1, 0.15) is 33.6 Å². The Kier molecular flexibility index (Phi) is 4.44. The lowest BCUT2D eigenvalue weighted by atomic mass is 10.1. The summed E-state index contributed by atoms with van der Waals surface area (Å²) in [5.41, 5.74) is 0. The van der Waals surface area contributed by atoms with Crippen LogP contribution in [-0.2, 0) is 0 Å². The molecular formula is C9H24N2Si. The Hall–Kier alpha value is 0.137. The van der Waals surface area contributed by atoms with Crippen LogP contribution < -0.4 is 9.96 Å². The quantitative estimate of drug-likeness (QED) is 0.646. The molecule has 74 valence electrons.